The van der Waals surface area contributed by atoms with Gasteiger partial charge in [0.05, 0.1) is 18.2 Å². The van der Waals surface area contributed by atoms with Gasteiger partial charge in [0.25, 0.3) is 0 Å². The molecule has 27 heavy (non-hydrogen) atoms. The Morgan fingerprint density at radius 2 is 2.15 bits per heavy atom. The van der Waals surface area contributed by atoms with E-state index in [0.717, 1.165) is 5.56 Å². The molecule has 2 heterocycles. The van der Waals surface area contributed by atoms with Crippen LogP contribution in [-0.2, 0) is 19.6 Å². The summed E-state index contributed by atoms with van der Waals surface area (Å²) in [7, 11) is -1.76. The summed E-state index contributed by atoms with van der Waals surface area (Å²) in [5.41, 5.74) is 0.973. The number of piperidine rings is 1. The van der Waals surface area contributed by atoms with E-state index in [9.17, 15) is 18.0 Å². The Bertz CT molecular complexity index is 781. The normalized spacial score (nSPS) is 18.1. The Balaban J connectivity index is 1.93. The zero-order chi connectivity index (χ0) is 20.0. The number of likely N-dealkylation sites (N-methyl/N-ethyl adjacent to an activating group) is 1. The zero-order valence-corrected chi connectivity index (χ0v) is 17.0. The molecular weight excluding hydrogens is 368 g/mol. The molecule has 1 aromatic heterocycles. The Kier molecular flexibility index (Phi) is 7.32. The lowest BCUT2D eigenvalue weighted by atomic mass is 9.98. The molecule has 0 spiro atoms. The Morgan fingerprint density at radius 3 is 2.81 bits per heavy atom. The first kappa shape index (κ1) is 21.3. The highest BCUT2D eigenvalue weighted by Gasteiger charge is 2.33. The van der Waals surface area contributed by atoms with Crippen LogP contribution in [0.4, 0.5) is 5.82 Å². The molecule has 9 heteroatoms. The molecule has 1 aliphatic heterocycles. The highest BCUT2D eigenvalue weighted by atomic mass is 32.2. The smallest absolute Gasteiger partial charge is 0.245 e. The lowest BCUT2D eigenvalue weighted by Crippen LogP contribution is -2.47. The first-order valence-corrected chi connectivity index (χ1v) is 10.8. The average molecular weight is 397 g/mol. The van der Waals surface area contributed by atoms with Gasteiger partial charge >= 0.3 is 0 Å². The predicted octanol–water partition coefficient (Wildman–Crippen LogP) is 1.24. The number of pyridine rings is 1. The van der Waals surface area contributed by atoms with Crippen molar-refractivity contribution in [3.8, 4) is 0 Å². The first-order valence-electron chi connectivity index (χ1n) is 9.18. The fourth-order valence-corrected chi connectivity index (χ4v) is 4.76. The summed E-state index contributed by atoms with van der Waals surface area (Å²) < 4.78 is 25.9. The van der Waals surface area contributed by atoms with Crippen LogP contribution in [0.3, 0.4) is 0 Å². The molecule has 8 nitrogen and oxygen atoms in total. The van der Waals surface area contributed by atoms with E-state index in [2.05, 4.69) is 10.3 Å². The van der Waals surface area contributed by atoms with Crippen LogP contribution in [0.25, 0.3) is 0 Å². The van der Waals surface area contributed by atoms with Crippen molar-refractivity contribution in [2.24, 2.45) is 5.92 Å². The molecule has 1 atom stereocenters. The van der Waals surface area contributed by atoms with E-state index in [0.29, 0.717) is 31.6 Å². The number of nitrogens with one attached hydrogen (secondary N) is 1. The van der Waals surface area contributed by atoms with Crippen LogP contribution in [0.5, 0.6) is 0 Å². The van der Waals surface area contributed by atoms with Gasteiger partial charge < -0.3 is 10.2 Å². The molecule has 0 saturated carbocycles. The van der Waals surface area contributed by atoms with Crippen LogP contribution in [0, 0.1) is 12.8 Å². The molecule has 1 unspecified atom stereocenters. The molecule has 0 bridgehead atoms. The van der Waals surface area contributed by atoms with Crippen molar-refractivity contribution in [2.45, 2.75) is 33.1 Å². The fourth-order valence-electron chi connectivity index (χ4n) is 3.18. The average Bonchev–Trinajstić information content (AvgIpc) is 2.61. The van der Waals surface area contributed by atoms with Gasteiger partial charge in [-0.15, -0.1) is 0 Å². The summed E-state index contributed by atoms with van der Waals surface area (Å²) in [5.74, 6) is -0.431. The highest BCUT2D eigenvalue weighted by Crippen LogP contribution is 2.21. The van der Waals surface area contributed by atoms with Gasteiger partial charge in [-0.1, -0.05) is 6.92 Å². The Morgan fingerprint density at radius 1 is 1.41 bits per heavy atom. The van der Waals surface area contributed by atoms with Gasteiger partial charge in [0.1, 0.15) is 5.82 Å². The predicted molar refractivity (Wildman–Crippen MR) is 104 cm³/mol. The minimum absolute atomic E-state index is 0.0929. The largest absolute Gasteiger partial charge is 0.336 e. The molecule has 1 N–H and O–H groups in total. The molecule has 2 rings (SSSR count). The van der Waals surface area contributed by atoms with Crippen LogP contribution in [0.2, 0.25) is 0 Å². The Labute approximate surface area is 161 Å². The highest BCUT2D eigenvalue weighted by molar-refractivity contribution is 7.89. The van der Waals surface area contributed by atoms with Crippen molar-refractivity contribution in [3.63, 3.8) is 0 Å². The van der Waals surface area contributed by atoms with Crippen molar-refractivity contribution in [1.82, 2.24) is 14.2 Å². The lowest BCUT2D eigenvalue weighted by molar-refractivity contribution is -0.138. The Hall–Kier alpha value is -2.00. The zero-order valence-electron chi connectivity index (χ0n) is 16.1. The number of sulfonamides is 1. The number of anilines is 1. The van der Waals surface area contributed by atoms with Gasteiger partial charge in [-0.3, -0.25) is 9.59 Å². The van der Waals surface area contributed by atoms with Gasteiger partial charge in [0.15, 0.2) is 0 Å². The minimum atomic E-state index is -3.32. The fraction of sp³-hybridized carbons (Fsp3) is 0.611. The number of hydrogen-bond donors (Lipinski definition) is 1. The summed E-state index contributed by atoms with van der Waals surface area (Å²) in [4.78, 5) is 30.3. The van der Waals surface area contributed by atoms with Crippen LogP contribution in [0.15, 0.2) is 18.3 Å². The number of rotatable bonds is 7. The third-order valence-electron chi connectivity index (χ3n) is 4.53. The number of hydrogen-bond acceptors (Lipinski definition) is 5. The van der Waals surface area contributed by atoms with Crippen LogP contribution < -0.4 is 5.32 Å². The van der Waals surface area contributed by atoms with Crippen molar-refractivity contribution in [1.29, 1.82) is 0 Å². The van der Waals surface area contributed by atoms with E-state index in [4.69, 9.17) is 0 Å². The number of carbonyl (C=O) groups excluding carboxylic acids is 2. The molecule has 1 saturated heterocycles. The van der Waals surface area contributed by atoms with E-state index >= 15 is 0 Å². The summed E-state index contributed by atoms with van der Waals surface area (Å²) in [6, 6.07) is 3.57. The van der Waals surface area contributed by atoms with Crippen molar-refractivity contribution in [2.75, 3.05) is 37.8 Å². The molecule has 0 aliphatic carbocycles. The van der Waals surface area contributed by atoms with E-state index < -0.39 is 15.9 Å². The van der Waals surface area contributed by atoms with Crippen molar-refractivity contribution in [3.05, 3.63) is 23.9 Å². The van der Waals surface area contributed by atoms with E-state index in [-0.39, 0.29) is 30.7 Å². The molecule has 0 radical (unpaired) electrons. The number of amides is 2. The van der Waals surface area contributed by atoms with Gasteiger partial charge in [0.2, 0.25) is 21.8 Å². The third kappa shape index (κ3) is 6.00. The molecule has 2 amide bonds. The number of nitrogens with zero attached hydrogens (tertiary/aromatic N) is 3. The quantitative estimate of drug-likeness (QED) is 0.747. The second kappa shape index (κ2) is 9.27. The molecular formula is C18H28N4O4S. The molecule has 1 aliphatic rings. The maximum absolute atomic E-state index is 12.7. The maximum Gasteiger partial charge on any atom is 0.245 e. The van der Waals surface area contributed by atoms with Crippen LogP contribution >= 0.6 is 0 Å². The second-order valence-electron chi connectivity index (χ2n) is 6.97. The number of carbonyl (C=O) groups is 2. The van der Waals surface area contributed by atoms with Gasteiger partial charge in [-0.2, -0.15) is 0 Å². The maximum atomic E-state index is 12.7. The third-order valence-corrected chi connectivity index (χ3v) is 6.57. The number of aromatic nitrogens is 1. The molecule has 150 valence electrons. The second-order valence-corrected chi connectivity index (χ2v) is 9.06. The number of aryl methyl sites for hydroxylation is 1. The van der Waals surface area contributed by atoms with Crippen molar-refractivity contribution < 1.29 is 18.0 Å². The minimum Gasteiger partial charge on any atom is -0.336 e. The standard InChI is InChI=1S/C18H28N4O4S/c1-4-10-27(25,26)22-9-5-6-15(12-22)18(24)21(3)13-17(23)20-16-11-14(2)7-8-19-16/h7-8,11,15H,4-6,9-10,12-13H2,1-3H3,(H,19,20,23). The summed E-state index contributed by atoms with van der Waals surface area (Å²) in [6.07, 6.45) is 3.42. The molecule has 1 fully saturated rings. The topological polar surface area (TPSA) is 99.7 Å². The summed E-state index contributed by atoms with van der Waals surface area (Å²) >= 11 is 0. The van der Waals surface area contributed by atoms with E-state index in [1.165, 1.54) is 9.21 Å². The van der Waals surface area contributed by atoms with Crippen LogP contribution in [0.1, 0.15) is 31.7 Å². The van der Waals surface area contributed by atoms with E-state index in [1.807, 2.05) is 19.9 Å². The van der Waals surface area contributed by atoms with E-state index in [1.54, 1.807) is 19.3 Å². The SMILES string of the molecule is CCCS(=O)(=O)N1CCCC(C(=O)N(C)CC(=O)Nc2cc(C)ccn2)C1. The van der Waals surface area contributed by atoms with Gasteiger partial charge in [-0.25, -0.2) is 17.7 Å². The lowest BCUT2D eigenvalue weighted by Gasteiger charge is -2.33. The molecule has 1 aromatic rings. The van der Waals surface area contributed by atoms with Gasteiger partial charge in [-0.05, 0) is 43.9 Å². The summed E-state index contributed by atoms with van der Waals surface area (Å²) in [6.45, 7) is 4.25. The van der Waals surface area contributed by atoms with Crippen LogP contribution in [-0.4, -0.2) is 66.9 Å². The first-order chi connectivity index (χ1) is 12.7. The van der Waals surface area contributed by atoms with Crippen molar-refractivity contribution >= 4 is 27.7 Å². The molecule has 0 aromatic carbocycles. The monoisotopic (exact) mass is 396 g/mol. The summed E-state index contributed by atoms with van der Waals surface area (Å²) in [5, 5.41) is 2.67. The van der Waals surface area contributed by atoms with Gasteiger partial charge in [0, 0.05) is 26.3 Å².